The third kappa shape index (κ3) is 3.32. The van der Waals surface area contributed by atoms with Crippen molar-refractivity contribution in [2.75, 3.05) is 16.8 Å². The van der Waals surface area contributed by atoms with E-state index in [1.165, 1.54) is 0 Å². The number of nitrogens with two attached hydrogens (primary N) is 1. The number of amides is 2. The average molecular weight is 261 g/mol. The smallest absolute Gasteiger partial charge is 0.244 e. The maximum absolute atomic E-state index is 12.2. The van der Waals surface area contributed by atoms with E-state index >= 15 is 0 Å². The van der Waals surface area contributed by atoms with E-state index in [2.05, 4.69) is 5.32 Å². The molecule has 3 N–H and O–H groups in total. The summed E-state index contributed by atoms with van der Waals surface area (Å²) in [5, 5.41) is 2.77. The SMILES string of the molecule is CC(N)CCCC(=O)N1CC(=O)Nc2ccccc21. The van der Waals surface area contributed by atoms with Crippen LogP contribution in [-0.2, 0) is 9.59 Å². The third-order valence-electron chi connectivity index (χ3n) is 3.12. The lowest BCUT2D eigenvalue weighted by atomic mass is 10.1. The summed E-state index contributed by atoms with van der Waals surface area (Å²) in [5.41, 5.74) is 7.13. The standard InChI is InChI=1S/C14H19N3O2/c1-10(15)5-4-8-14(19)17-9-13(18)16-11-6-2-3-7-12(11)17/h2-3,6-7,10H,4-5,8-9,15H2,1H3,(H,16,18). The molecule has 1 aromatic rings. The second kappa shape index (κ2) is 5.84. The first-order chi connectivity index (χ1) is 9.08. The van der Waals surface area contributed by atoms with Crippen LogP contribution >= 0.6 is 0 Å². The molecule has 5 nitrogen and oxygen atoms in total. The zero-order valence-corrected chi connectivity index (χ0v) is 11.1. The molecule has 0 bridgehead atoms. The van der Waals surface area contributed by atoms with Crippen molar-refractivity contribution in [3.8, 4) is 0 Å². The number of para-hydroxylation sites is 2. The summed E-state index contributed by atoms with van der Waals surface area (Å²) in [6.07, 6.45) is 1.98. The van der Waals surface area contributed by atoms with Crippen molar-refractivity contribution in [2.24, 2.45) is 5.73 Å². The number of nitrogens with zero attached hydrogens (tertiary/aromatic N) is 1. The van der Waals surface area contributed by atoms with E-state index in [4.69, 9.17) is 5.73 Å². The number of rotatable bonds is 4. The number of fused-ring (bicyclic) bond motifs is 1. The van der Waals surface area contributed by atoms with Gasteiger partial charge in [-0.25, -0.2) is 0 Å². The summed E-state index contributed by atoms with van der Waals surface area (Å²) in [4.78, 5) is 25.3. The topological polar surface area (TPSA) is 75.4 Å². The van der Waals surface area contributed by atoms with Crippen LogP contribution in [0.3, 0.4) is 0 Å². The molecule has 1 heterocycles. The summed E-state index contributed by atoms with van der Waals surface area (Å²) >= 11 is 0. The van der Waals surface area contributed by atoms with E-state index in [9.17, 15) is 9.59 Å². The van der Waals surface area contributed by atoms with Gasteiger partial charge in [-0.05, 0) is 31.9 Å². The van der Waals surface area contributed by atoms with Crippen LogP contribution in [-0.4, -0.2) is 24.4 Å². The molecule has 2 amide bonds. The van der Waals surface area contributed by atoms with Crippen LogP contribution in [0.5, 0.6) is 0 Å². The van der Waals surface area contributed by atoms with Crippen LogP contribution in [0.4, 0.5) is 11.4 Å². The molecule has 5 heteroatoms. The predicted molar refractivity (Wildman–Crippen MR) is 74.9 cm³/mol. The zero-order valence-electron chi connectivity index (χ0n) is 11.1. The Labute approximate surface area is 112 Å². The zero-order chi connectivity index (χ0) is 13.8. The van der Waals surface area contributed by atoms with Gasteiger partial charge in [0, 0.05) is 12.5 Å². The van der Waals surface area contributed by atoms with Crippen LogP contribution < -0.4 is 16.0 Å². The molecule has 0 aromatic heterocycles. The molecule has 0 saturated heterocycles. The molecule has 19 heavy (non-hydrogen) atoms. The van der Waals surface area contributed by atoms with E-state index in [1.807, 2.05) is 25.1 Å². The molecule has 0 fully saturated rings. The number of carbonyl (C=O) groups is 2. The van der Waals surface area contributed by atoms with Gasteiger partial charge in [0.1, 0.15) is 6.54 Å². The second-order valence-corrected chi connectivity index (χ2v) is 4.91. The molecule has 1 atom stereocenters. The summed E-state index contributed by atoms with van der Waals surface area (Å²) in [6.45, 7) is 2.02. The molecule has 0 radical (unpaired) electrons. The van der Waals surface area contributed by atoms with Crippen molar-refractivity contribution in [1.82, 2.24) is 0 Å². The lowest BCUT2D eigenvalue weighted by Crippen LogP contribution is -2.42. The molecule has 2 rings (SSSR count). The van der Waals surface area contributed by atoms with E-state index < -0.39 is 0 Å². The minimum atomic E-state index is -0.153. The van der Waals surface area contributed by atoms with Gasteiger partial charge in [0.15, 0.2) is 0 Å². The Morgan fingerprint density at radius 1 is 1.47 bits per heavy atom. The Balaban J connectivity index is 2.07. The summed E-state index contributed by atoms with van der Waals surface area (Å²) in [6, 6.07) is 7.44. The predicted octanol–water partition coefficient (Wildman–Crippen LogP) is 1.49. The van der Waals surface area contributed by atoms with Crippen LogP contribution in [0, 0.1) is 0 Å². The van der Waals surface area contributed by atoms with Gasteiger partial charge >= 0.3 is 0 Å². The monoisotopic (exact) mass is 261 g/mol. The fraction of sp³-hybridized carbons (Fsp3) is 0.429. The summed E-state index contributed by atoms with van der Waals surface area (Å²) in [7, 11) is 0. The van der Waals surface area contributed by atoms with Crippen molar-refractivity contribution in [1.29, 1.82) is 0 Å². The lowest BCUT2D eigenvalue weighted by Gasteiger charge is -2.29. The first-order valence-corrected chi connectivity index (χ1v) is 6.53. The largest absolute Gasteiger partial charge is 0.328 e. The highest BCUT2D eigenvalue weighted by atomic mass is 16.2. The first-order valence-electron chi connectivity index (χ1n) is 6.53. The highest BCUT2D eigenvalue weighted by molar-refractivity contribution is 6.09. The van der Waals surface area contributed by atoms with E-state index in [-0.39, 0.29) is 24.4 Å². The molecule has 0 saturated carbocycles. The van der Waals surface area contributed by atoms with Crippen molar-refractivity contribution in [3.05, 3.63) is 24.3 Å². The highest BCUT2D eigenvalue weighted by Crippen LogP contribution is 2.29. The molecule has 102 valence electrons. The number of hydrogen-bond acceptors (Lipinski definition) is 3. The molecule has 1 unspecified atom stereocenters. The van der Waals surface area contributed by atoms with Gasteiger partial charge in [0.05, 0.1) is 11.4 Å². The Kier molecular flexibility index (Phi) is 4.16. The molecule has 0 spiro atoms. The van der Waals surface area contributed by atoms with Gasteiger partial charge < -0.3 is 16.0 Å². The van der Waals surface area contributed by atoms with Crippen LogP contribution in [0.2, 0.25) is 0 Å². The molecule has 1 aliphatic heterocycles. The van der Waals surface area contributed by atoms with Gasteiger partial charge in [-0.3, -0.25) is 9.59 Å². The van der Waals surface area contributed by atoms with Gasteiger partial charge in [0.25, 0.3) is 0 Å². The summed E-state index contributed by atoms with van der Waals surface area (Å²) in [5.74, 6) is -0.179. The molecular weight excluding hydrogens is 242 g/mol. The number of nitrogens with one attached hydrogen (secondary N) is 1. The maximum atomic E-state index is 12.2. The third-order valence-corrected chi connectivity index (χ3v) is 3.12. The summed E-state index contributed by atoms with van der Waals surface area (Å²) < 4.78 is 0. The Hall–Kier alpha value is -1.88. The second-order valence-electron chi connectivity index (χ2n) is 4.91. The number of carbonyl (C=O) groups excluding carboxylic acids is 2. The normalized spacial score (nSPS) is 15.7. The minimum Gasteiger partial charge on any atom is -0.328 e. The van der Waals surface area contributed by atoms with Crippen LogP contribution in [0.25, 0.3) is 0 Å². The Morgan fingerprint density at radius 2 is 2.21 bits per heavy atom. The van der Waals surface area contributed by atoms with Crippen LogP contribution in [0.15, 0.2) is 24.3 Å². The number of anilines is 2. The average Bonchev–Trinajstić information content (AvgIpc) is 2.37. The molecule has 0 aliphatic carbocycles. The lowest BCUT2D eigenvalue weighted by molar-refractivity contribution is -0.122. The molecule has 1 aliphatic rings. The maximum Gasteiger partial charge on any atom is 0.244 e. The van der Waals surface area contributed by atoms with Gasteiger partial charge in [-0.2, -0.15) is 0 Å². The Morgan fingerprint density at radius 3 is 2.95 bits per heavy atom. The quantitative estimate of drug-likeness (QED) is 0.862. The van der Waals surface area contributed by atoms with Gasteiger partial charge in [-0.15, -0.1) is 0 Å². The number of hydrogen-bond donors (Lipinski definition) is 2. The van der Waals surface area contributed by atoms with Crippen molar-refractivity contribution < 1.29 is 9.59 Å². The number of benzene rings is 1. The van der Waals surface area contributed by atoms with Gasteiger partial charge in [0.2, 0.25) is 11.8 Å². The van der Waals surface area contributed by atoms with E-state index in [0.717, 1.165) is 18.5 Å². The van der Waals surface area contributed by atoms with Gasteiger partial charge in [-0.1, -0.05) is 12.1 Å². The van der Waals surface area contributed by atoms with Crippen molar-refractivity contribution in [3.63, 3.8) is 0 Å². The fourth-order valence-electron chi connectivity index (χ4n) is 2.17. The molecular formula is C14H19N3O2. The first kappa shape index (κ1) is 13.5. The molecule has 1 aromatic carbocycles. The fourth-order valence-corrected chi connectivity index (χ4v) is 2.17. The highest BCUT2D eigenvalue weighted by Gasteiger charge is 2.25. The van der Waals surface area contributed by atoms with Crippen molar-refractivity contribution >= 4 is 23.2 Å². The van der Waals surface area contributed by atoms with E-state index in [0.29, 0.717) is 12.1 Å². The Bertz CT molecular complexity index is 485. The van der Waals surface area contributed by atoms with Crippen molar-refractivity contribution in [2.45, 2.75) is 32.2 Å². The van der Waals surface area contributed by atoms with Crippen LogP contribution in [0.1, 0.15) is 26.2 Å². The minimum absolute atomic E-state index is 0.0250. The van der Waals surface area contributed by atoms with E-state index in [1.54, 1.807) is 11.0 Å².